The molecule has 3 nitrogen and oxygen atoms in total. The first-order chi connectivity index (χ1) is 7.16. The van der Waals surface area contributed by atoms with Gasteiger partial charge in [-0.3, -0.25) is 4.79 Å². The zero-order valence-corrected chi connectivity index (χ0v) is 8.19. The molecule has 0 fully saturated rings. The van der Waals surface area contributed by atoms with Crippen molar-refractivity contribution >= 4 is 17.1 Å². The number of aldehydes is 1. The van der Waals surface area contributed by atoms with Crippen molar-refractivity contribution in [3.63, 3.8) is 0 Å². The number of aromatic hydroxyl groups is 2. The van der Waals surface area contributed by atoms with E-state index in [1.807, 2.05) is 0 Å². The molecule has 0 saturated carbocycles. The summed E-state index contributed by atoms with van der Waals surface area (Å²) in [5.41, 5.74) is 0.549. The Morgan fingerprint density at radius 3 is 2.13 bits per heavy atom. The minimum atomic E-state index is -0.0732. The van der Waals surface area contributed by atoms with Crippen molar-refractivity contribution in [3.8, 4) is 11.5 Å². The topological polar surface area (TPSA) is 57.5 Å². The third-order valence-electron chi connectivity index (χ3n) is 2.57. The van der Waals surface area contributed by atoms with Crippen LogP contribution in [-0.4, -0.2) is 16.5 Å². The molecule has 0 saturated heterocycles. The third kappa shape index (κ3) is 1.24. The van der Waals surface area contributed by atoms with Crippen LogP contribution < -0.4 is 0 Å². The van der Waals surface area contributed by atoms with E-state index in [4.69, 9.17) is 0 Å². The molecule has 0 aliphatic carbocycles. The smallest absolute Gasteiger partial charge is 0.154 e. The van der Waals surface area contributed by atoms with E-state index >= 15 is 0 Å². The molecule has 0 amide bonds. The highest BCUT2D eigenvalue weighted by atomic mass is 16.3. The Hall–Kier alpha value is -2.03. The van der Waals surface area contributed by atoms with Gasteiger partial charge in [0.25, 0.3) is 0 Å². The average molecular weight is 202 g/mol. The molecule has 2 aromatic carbocycles. The van der Waals surface area contributed by atoms with Crippen LogP contribution >= 0.6 is 0 Å². The van der Waals surface area contributed by atoms with Crippen LogP contribution in [0.2, 0.25) is 0 Å². The Balaban J connectivity index is 3.02. The largest absolute Gasteiger partial charge is 0.507 e. The summed E-state index contributed by atoms with van der Waals surface area (Å²) in [7, 11) is 0. The van der Waals surface area contributed by atoms with Crippen molar-refractivity contribution in [1.82, 2.24) is 0 Å². The Bertz CT molecular complexity index is 544. The molecule has 0 aliphatic rings. The zero-order valence-electron chi connectivity index (χ0n) is 8.19. The predicted octanol–water partition coefficient (Wildman–Crippen LogP) is 2.37. The maximum Gasteiger partial charge on any atom is 0.154 e. The molecule has 2 N–H and O–H groups in total. The van der Waals surface area contributed by atoms with Crippen molar-refractivity contribution in [2.75, 3.05) is 0 Å². The molecular formula is C12H10O3. The molecule has 2 aromatic rings. The van der Waals surface area contributed by atoms with Gasteiger partial charge < -0.3 is 10.2 Å². The number of carbonyl (C=O) groups excluding carboxylic acids is 1. The lowest BCUT2D eigenvalue weighted by Crippen LogP contribution is -1.90. The maximum absolute atomic E-state index is 10.8. The second kappa shape index (κ2) is 3.28. The highest BCUT2D eigenvalue weighted by molar-refractivity contribution is 6.01. The Labute approximate surface area is 86.6 Å². The summed E-state index contributed by atoms with van der Waals surface area (Å²) in [4.78, 5) is 10.8. The SMILES string of the molecule is Cc1c(C=O)c(O)c2ccccc2c1O. The molecule has 0 unspecified atom stereocenters. The highest BCUT2D eigenvalue weighted by Crippen LogP contribution is 2.37. The minimum absolute atomic E-state index is 0.0468. The number of benzene rings is 2. The number of fused-ring (bicyclic) bond motifs is 1. The summed E-state index contributed by atoms with van der Waals surface area (Å²) in [5, 5.41) is 20.7. The number of phenols is 2. The van der Waals surface area contributed by atoms with Gasteiger partial charge in [0.05, 0.1) is 5.56 Å². The van der Waals surface area contributed by atoms with Crippen molar-refractivity contribution in [2.45, 2.75) is 6.92 Å². The summed E-state index contributed by atoms with van der Waals surface area (Å²) in [6, 6.07) is 6.87. The fourth-order valence-corrected chi connectivity index (χ4v) is 1.69. The molecule has 0 bridgehead atoms. The molecule has 15 heavy (non-hydrogen) atoms. The summed E-state index contributed by atoms with van der Waals surface area (Å²) in [6.07, 6.45) is 0.552. The van der Waals surface area contributed by atoms with Gasteiger partial charge in [0, 0.05) is 16.3 Å². The van der Waals surface area contributed by atoms with E-state index in [9.17, 15) is 15.0 Å². The van der Waals surface area contributed by atoms with Crippen molar-refractivity contribution < 1.29 is 15.0 Å². The Kier molecular flexibility index (Phi) is 2.08. The average Bonchev–Trinajstić information content (AvgIpc) is 2.27. The number of phenolic OH excluding ortho intramolecular Hbond substituents is 2. The van der Waals surface area contributed by atoms with Crippen LogP contribution in [0.1, 0.15) is 15.9 Å². The molecule has 2 rings (SSSR count). The van der Waals surface area contributed by atoms with Crippen LogP contribution in [-0.2, 0) is 0 Å². The summed E-state index contributed by atoms with van der Waals surface area (Å²) < 4.78 is 0. The lowest BCUT2D eigenvalue weighted by molar-refractivity contribution is 0.112. The molecule has 0 aromatic heterocycles. The van der Waals surface area contributed by atoms with Crippen molar-refractivity contribution in [3.05, 3.63) is 35.4 Å². The molecule has 0 heterocycles. The van der Waals surface area contributed by atoms with Gasteiger partial charge in [-0.15, -0.1) is 0 Å². The highest BCUT2D eigenvalue weighted by Gasteiger charge is 2.14. The first-order valence-electron chi connectivity index (χ1n) is 4.55. The molecule has 76 valence electrons. The van der Waals surface area contributed by atoms with Crippen LogP contribution in [0.25, 0.3) is 10.8 Å². The van der Waals surface area contributed by atoms with E-state index in [1.165, 1.54) is 0 Å². The van der Waals surface area contributed by atoms with E-state index in [1.54, 1.807) is 31.2 Å². The van der Waals surface area contributed by atoms with Crippen LogP contribution in [0.5, 0.6) is 11.5 Å². The van der Waals surface area contributed by atoms with Gasteiger partial charge in [0.15, 0.2) is 6.29 Å². The number of hydrogen-bond donors (Lipinski definition) is 2. The van der Waals surface area contributed by atoms with Gasteiger partial charge in [-0.2, -0.15) is 0 Å². The van der Waals surface area contributed by atoms with E-state index in [-0.39, 0.29) is 17.1 Å². The summed E-state index contributed by atoms with van der Waals surface area (Å²) >= 11 is 0. The molecule has 0 spiro atoms. The second-order valence-corrected chi connectivity index (χ2v) is 3.40. The van der Waals surface area contributed by atoms with Crippen molar-refractivity contribution in [1.29, 1.82) is 0 Å². The van der Waals surface area contributed by atoms with Gasteiger partial charge in [0.2, 0.25) is 0 Å². The first-order valence-corrected chi connectivity index (χ1v) is 4.55. The number of carbonyl (C=O) groups is 1. The second-order valence-electron chi connectivity index (χ2n) is 3.40. The van der Waals surface area contributed by atoms with Crippen LogP contribution in [0, 0.1) is 6.92 Å². The van der Waals surface area contributed by atoms with E-state index in [2.05, 4.69) is 0 Å². The van der Waals surface area contributed by atoms with E-state index < -0.39 is 0 Å². The van der Waals surface area contributed by atoms with Crippen LogP contribution in [0.4, 0.5) is 0 Å². The van der Waals surface area contributed by atoms with Gasteiger partial charge in [0.1, 0.15) is 11.5 Å². The fourth-order valence-electron chi connectivity index (χ4n) is 1.69. The fraction of sp³-hybridized carbons (Fsp3) is 0.0833. The zero-order chi connectivity index (χ0) is 11.0. The van der Waals surface area contributed by atoms with Crippen molar-refractivity contribution in [2.24, 2.45) is 0 Å². The summed E-state index contributed by atoms with van der Waals surface area (Å²) in [6.45, 7) is 1.60. The standard InChI is InChI=1S/C12H10O3/c1-7-10(6-13)12(15)9-5-3-2-4-8(9)11(7)14/h2-6,14-15H,1H3. The molecule has 0 aliphatic heterocycles. The normalized spacial score (nSPS) is 10.5. The predicted molar refractivity (Wildman–Crippen MR) is 57.4 cm³/mol. The summed E-state index contributed by atoms with van der Waals surface area (Å²) in [5.74, 6) is -0.0265. The van der Waals surface area contributed by atoms with Crippen LogP contribution in [0.15, 0.2) is 24.3 Å². The van der Waals surface area contributed by atoms with Gasteiger partial charge in [-0.05, 0) is 6.92 Å². The monoisotopic (exact) mass is 202 g/mol. The lowest BCUT2D eigenvalue weighted by Gasteiger charge is -2.09. The third-order valence-corrected chi connectivity index (χ3v) is 2.57. The minimum Gasteiger partial charge on any atom is -0.507 e. The quantitative estimate of drug-likeness (QED) is 0.551. The molecule has 3 heteroatoms. The van der Waals surface area contributed by atoms with Gasteiger partial charge in [-0.25, -0.2) is 0 Å². The molecule has 0 radical (unpaired) electrons. The maximum atomic E-state index is 10.8. The van der Waals surface area contributed by atoms with E-state index in [0.717, 1.165) is 0 Å². The Morgan fingerprint density at radius 1 is 1.07 bits per heavy atom. The number of hydrogen-bond acceptors (Lipinski definition) is 3. The molecular weight excluding hydrogens is 192 g/mol. The molecule has 0 atom stereocenters. The number of rotatable bonds is 1. The van der Waals surface area contributed by atoms with Crippen LogP contribution in [0.3, 0.4) is 0 Å². The Morgan fingerprint density at radius 2 is 1.60 bits per heavy atom. The lowest BCUT2D eigenvalue weighted by atomic mass is 9.99. The first kappa shape index (κ1) is 9.52. The van der Waals surface area contributed by atoms with E-state index in [0.29, 0.717) is 22.6 Å². The van der Waals surface area contributed by atoms with Gasteiger partial charge >= 0.3 is 0 Å². The van der Waals surface area contributed by atoms with Gasteiger partial charge in [-0.1, -0.05) is 24.3 Å².